The molecule has 2 rings (SSSR count). The summed E-state index contributed by atoms with van der Waals surface area (Å²) >= 11 is 12.2. The summed E-state index contributed by atoms with van der Waals surface area (Å²) in [6.07, 6.45) is 3.32. The van der Waals surface area contributed by atoms with E-state index in [4.69, 9.17) is 27.9 Å². The number of hydrogen-bond acceptors (Lipinski definition) is 4. The van der Waals surface area contributed by atoms with Crippen molar-refractivity contribution in [2.75, 3.05) is 18.1 Å². The van der Waals surface area contributed by atoms with Gasteiger partial charge in [0, 0.05) is 12.8 Å². The first-order valence-electron chi connectivity index (χ1n) is 7.95. The van der Waals surface area contributed by atoms with Crippen LogP contribution in [0.5, 0.6) is 11.5 Å². The first-order valence-corrected chi connectivity index (χ1v) is 10.3. The average Bonchev–Trinajstić information content (AvgIpc) is 2.59. The fourth-order valence-corrected chi connectivity index (χ4v) is 3.28. The van der Waals surface area contributed by atoms with Crippen molar-refractivity contribution in [1.29, 1.82) is 0 Å². The van der Waals surface area contributed by atoms with Gasteiger partial charge in [0.15, 0.2) is 5.75 Å². The summed E-state index contributed by atoms with van der Waals surface area (Å²) in [4.78, 5) is 11.7. The molecule has 140 valence electrons. The Morgan fingerprint density at radius 3 is 2.65 bits per heavy atom. The Hall–Kier alpha value is -1.76. The highest BCUT2D eigenvalue weighted by Gasteiger charge is 2.20. The van der Waals surface area contributed by atoms with Crippen LogP contribution in [-0.4, -0.2) is 28.1 Å². The summed E-state index contributed by atoms with van der Waals surface area (Å²) in [5, 5.41) is 13.1. The van der Waals surface area contributed by atoms with Gasteiger partial charge in [-0.2, -0.15) is 0 Å². The zero-order valence-electron chi connectivity index (χ0n) is 14.3. The summed E-state index contributed by atoms with van der Waals surface area (Å²) in [5.41, 5.74) is 0.471. The molecule has 0 spiro atoms. The number of rotatable bonds is 8. The molecule has 0 heterocycles. The fraction of sp³-hybridized carbons (Fsp3) is 0.278. The molecule has 2 N–H and O–H groups in total. The van der Waals surface area contributed by atoms with Gasteiger partial charge >= 0.3 is 5.97 Å². The molecule has 0 aliphatic heterocycles. The van der Waals surface area contributed by atoms with E-state index in [-0.39, 0.29) is 21.2 Å². The Morgan fingerprint density at radius 2 is 2.04 bits per heavy atom. The molecule has 1 unspecified atom stereocenters. The van der Waals surface area contributed by atoms with Gasteiger partial charge in [0.2, 0.25) is 0 Å². The fourth-order valence-electron chi connectivity index (χ4n) is 2.25. The molecule has 0 bridgehead atoms. The summed E-state index contributed by atoms with van der Waals surface area (Å²) in [6, 6.07) is 7.75. The number of carboxylic acids is 1. The van der Waals surface area contributed by atoms with E-state index in [0.717, 1.165) is 12.8 Å². The lowest BCUT2D eigenvalue weighted by molar-refractivity contribution is 0.0696. The minimum Gasteiger partial charge on any atom is -0.478 e. The number of hydrogen-bond donors (Lipinski definition) is 2. The highest BCUT2D eigenvalue weighted by molar-refractivity contribution is 7.84. The van der Waals surface area contributed by atoms with Crippen LogP contribution >= 0.6 is 23.2 Å². The van der Waals surface area contributed by atoms with Crippen LogP contribution in [0, 0.1) is 0 Å². The molecule has 0 fully saturated rings. The molecular formula is C18H19Cl2NO4S. The van der Waals surface area contributed by atoms with Crippen LogP contribution in [0.4, 0.5) is 5.69 Å². The number of unbranched alkanes of at least 4 members (excludes halogenated alkanes) is 1. The first kappa shape index (κ1) is 20.6. The van der Waals surface area contributed by atoms with E-state index in [9.17, 15) is 14.1 Å². The molecule has 0 aliphatic carbocycles. The van der Waals surface area contributed by atoms with E-state index in [1.807, 2.05) is 6.92 Å². The highest BCUT2D eigenvalue weighted by atomic mass is 35.5. The molecule has 0 aromatic heterocycles. The van der Waals surface area contributed by atoms with E-state index in [1.165, 1.54) is 18.4 Å². The van der Waals surface area contributed by atoms with Crippen LogP contribution in [0.15, 0.2) is 35.2 Å². The van der Waals surface area contributed by atoms with Crippen molar-refractivity contribution in [3.05, 3.63) is 45.9 Å². The number of nitrogens with one attached hydrogen (secondary N) is 1. The summed E-state index contributed by atoms with van der Waals surface area (Å²) in [7, 11) is -1.47. The number of carbonyl (C=O) groups is 1. The number of aromatic carboxylic acids is 1. The van der Waals surface area contributed by atoms with Crippen LogP contribution in [0.3, 0.4) is 0 Å². The molecule has 0 saturated heterocycles. The summed E-state index contributed by atoms with van der Waals surface area (Å²) < 4.78 is 18.1. The maximum atomic E-state index is 12.2. The zero-order chi connectivity index (χ0) is 19.3. The van der Waals surface area contributed by atoms with Crippen molar-refractivity contribution in [3.8, 4) is 11.5 Å². The summed E-state index contributed by atoms with van der Waals surface area (Å²) in [5.74, 6) is -0.536. The van der Waals surface area contributed by atoms with Crippen molar-refractivity contribution in [2.45, 2.75) is 24.7 Å². The smallest absolute Gasteiger partial charge is 0.335 e. The topological polar surface area (TPSA) is 75.6 Å². The average molecular weight is 416 g/mol. The predicted molar refractivity (Wildman–Crippen MR) is 106 cm³/mol. The minimum absolute atomic E-state index is 0.0266. The Kier molecular flexibility index (Phi) is 7.32. The number of carboxylic acid groups (broad SMARTS) is 1. The zero-order valence-corrected chi connectivity index (χ0v) is 16.7. The second kappa shape index (κ2) is 9.26. The lowest BCUT2D eigenvalue weighted by atomic mass is 10.1. The lowest BCUT2D eigenvalue weighted by Crippen LogP contribution is -2.08. The third-order valence-corrected chi connectivity index (χ3v) is 5.31. The van der Waals surface area contributed by atoms with E-state index in [2.05, 4.69) is 5.32 Å². The quantitative estimate of drug-likeness (QED) is 0.561. The Balaban J connectivity index is 2.57. The predicted octanol–water partition coefficient (Wildman–Crippen LogP) is 5.43. The monoisotopic (exact) mass is 415 g/mol. The maximum Gasteiger partial charge on any atom is 0.335 e. The molecular weight excluding hydrogens is 397 g/mol. The van der Waals surface area contributed by atoms with Crippen LogP contribution < -0.4 is 10.1 Å². The standard InChI is InChI=1S/C18H19Cl2NO4S/c1-3-4-8-21-13-9-11(18(22)23)10-15(26(2)24)17(13)25-14-7-5-6-12(19)16(14)20/h5-7,9-10,21H,3-4,8H2,1-2H3,(H,22,23). The highest BCUT2D eigenvalue weighted by Crippen LogP contribution is 2.40. The van der Waals surface area contributed by atoms with Gasteiger partial charge in [0.05, 0.1) is 32.0 Å². The molecule has 2 aromatic carbocycles. The molecule has 0 radical (unpaired) electrons. The Labute approximate surface area is 164 Å². The largest absolute Gasteiger partial charge is 0.478 e. The van der Waals surface area contributed by atoms with Crippen LogP contribution in [-0.2, 0) is 10.8 Å². The van der Waals surface area contributed by atoms with Gasteiger partial charge < -0.3 is 15.2 Å². The second-order valence-corrected chi connectivity index (χ2v) is 7.68. The molecule has 26 heavy (non-hydrogen) atoms. The number of ether oxygens (including phenoxy) is 1. The van der Waals surface area contributed by atoms with E-state index < -0.39 is 16.8 Å². The van der Waals surface area contributed by atoms with Crippen molar-refractivity contribution < 1.29 is 18.8 Å². The molecule has 0 amide bonds. The first-order chi connectivity index (χ1) is 12.3. The van der Waals surface area contributed by atoms with Crippen molar-refractivity contribution in [2.24, 2.45) is 0 Å². The van der Waals surface area contributed by atoms with Gasteiger partial charge in [-0.15, -0.1) is 0 Å². The Morgan fingerprint density at radius 1 is 1.31 bits per heavy atom. The number of halogens is 2. The molecule has 0 saturated carbocycles. The molecule has 8 heteroatoms. The van der Waals surface area contributed by atoms with Crippen molar-refractivity contribution >= 4 is 45.7 Å². The third-order valence-electron chi connectivity index (χ3n) is 3.59. The molecule has 1 atom stereocenters. The second-order valence-electron chi connectivity index (χ2n) is 5.54. The van der Waals surface area contributed by atoms with Gasteiger partial charge in [0.1, 0.15) is 10.8 Å². The van der Waals surface area contributed by atoms with Gasteiger partial charge in [-0.3, -0.25) is 4.21 Å². The minimum atomic E-state index is -1.47. The Bertz CT molecular complexity index is 842. The number of anilines is 1. The van der Waals surface area contributed by atoms with Crippen LogP contribution in [0.2, 0.25) is 10.0 Å². The maximum absolute atomic E-state index is 12.2. The SMILES string of the molecule is CCCCNc1cc(C(=O)O)cc(S(C)=O)c1Oc1cccc(Cl)c1Cl. The summed E-state index contributed by atoms with van der Waals surface area (Å²) in [6.45, 7) is 2.67. The van der Waals surface area contributed by atoms with Gasteiger partial charge in [-0.05, 0) is 30.7 Å². The van der Waals surface area contributed by atoms with Crippen LogP contribution in [0.25, 0.3) is 0 Å². The van der Waals surface area contributed by atoms with Crippen molar-refractivity contribution in [1.82, 2.24) is 0 Å². The molecule has 2 aromatic rings. The lowest BCUT2D eigenvalue weighted by Gasteiger charge is -2.18. The normalized spacial score (nSPS) is 11.8. The van der Waals surface area contributed by atoms with Gasteiger partial charge in [0.25, 0.3) is 0 Å². The van der Waals surface area contributed by atoms with Crippen molar-refractivity contribution in [3.63, 3.8) is 0 Å². The number of benzene rings is 2. The molecule has 0 aliphatic rings. The van der Waals surface area contributed by atoms with E-state index in [1.54, 1.807) is 18.2 Å². The van der Waals surface area contributed by atoms with Gasteiger partial charge in [-0.25, -0.2) is 4.79 Å². The third kappa shape index (κ3) is 4.90. The van der Waals surface area contributed by atoms with Gasteiger partial charge in [-0.1, -0.05) is 42.6 Å². The molecule has 5 nitrogen and oxygen atoms in total. The van der Waals surface area contributed by atoms with E-state index in [0.29, 0.717) is 23.0 Å². The van der Waals surface area contributed by atoms with E-state index >= 15 is 0 Å². The van der Waals surface area contributed by atoms with Crippen LogP contribution in [0.1, 0.15) is 30.1 Å².